The molecule has 0 aromatic carbocycles. The largest absolute Gasteiger partial charge is 0.417 e. The summed E-state index contributed by atoms with van der Waals surface area (Å²) in [4.78, 5) is 12.4. The second kappa shape index (κ2) is 6.56. The number of alkyl halides is 3. The summed E-state index contributed by atoms with van der Waals surface area (Å²) in [5, 5.41) is 4.40. The van der Waals surface area contributed by atoms with Crippen molar-refractivity contribution in [1.82, 2.24) is 19.6 Å². The van der Waals surface area contributed by atoms with E-state index in [4.69, 9.17) is 11.6 Å². The predicted molar refractivity (Wildman–Crippen MR) is 96.4 cm³/mol. The third kappa shape index (κ3) is 3.39. The molecule has 1 aliphatic heterocycles. The van der Waals surface area contributed by atoms with Crippen LogP contribution in [0.2, 0.25) is 5.02 Å². The molecule has 4 heterocycles. The minimum absolute atomic E-state index is 0.00455. The number of halogens is 4. The molecule has 0 unspecified atom stereocenters. The third-order valence-electron chi connectivity index (χ3n) is 4.52. The van der Waals surface area contributed by atoms with Gasteiger partial charge >= 0.3 is 6.18 Å². The first kappa shape index (κ1) is 17.8. The topological polar surface area (TPSA) is 49.6 Å². The monoisotopic (exact) mass is 396 g/mol. The van der Waals surface area contributed by atoms with E-state index < -0.39 is 11.7 Å². The summed E-state index contributed by atoms with van der Waals surface area (Å²) in [5.41, 5.74) is 0.986. The van der Waals surface area contributed by atoms with E-state index in [-0.39, 0.29) is 5.02 Å². The first-order chi connectivity index (χ1) is 12.8. The lowest BCUT2D eigenvalue weighted by Crippen LogP contribution is -2.47. The van der Waals surface area contributed by atoms with Crippen LogP contribution < -0.4 is 9.80 Å². The van der Waals surface area contributed by atoms with E-state index in [1.807, 2.05) is 17.9 Å². The zero-order valence-electron chi connectivity index (χ0n) is 14.4. The molecule has 0 atom stereocenters. The van der Waals surface area contributed by atoms with E-state index in [1.54, 1.807) is 16.9 Å². The highest BCUT2D eigenvalue weighted by molar-refractivity contribution is 6.33. The van der Waals surface area contributed by atoms with Crippen molar-refractivity contribution in [1.29, 1.82) is 0 Å². The van der Waals surface area contributed by atoms with Gasteiger partial charge < -0.3 is 9.80 Å². The number of pyridine rings is 1. The molecule has 1 fully saturated rings. The van der Waals surface area contributed by atoms with Gasteiger partial charge in [-0.25, -0.2) is 14.5 Å². The summed E-state index contributed by atoms with van der Waals surface area (Å²) in [6.07, 6.45) is -0.129. The molecule has 0 N–H and O–H groups in total. The van der Waals surface area contributed by atoms with Gasteiger partial charge in [-0.15, -0.1) is 0 Å². The minimum Gasteiger partial charge on any atom is -0.352 e. The minimum atomic E-state index is -4.46. The fraction of sp³-hybridized carbons (Fsp3) is 0.353. The summed E-state index contributed by atoms with van der Waals surface area (Å²) in [5.74, 6) is 1.21. The van der Waals surface area contributed by atoms with Gasteiger partial charge in [0.05, 0.1) is 16.3 Å². The van der Waals surface area contributed by atoms with Crippen LogP contribution in [0.5, 0.6) is 0 Å². The fourth-order valence-corrected chi connectivity index (χ4v) is 3.51. The Morgan fingerprint density at radius 3 is 2.30 bits per heavy atom. The SMILES string of the molecule is Cc1cc2c(N3CCN(c4ncc(C(F)(F)F)cc4Cl)CC3)nccn2n1. The van der Waals surface area contributed by atoms with Crippen molar-refractivity contribution in [3.05, 3.63) is 47.0 Å². The van der Waals surface area contributed by atoms with Crippen LogP contribution in [-0.2, 0) is 6.18 Å². The molecule has 0 radical (unpaired) electrons. The van der Waals surface area contributed by atoms with Gasteiger partial charge in [0.25, 0.3) is 0 Å². The second-order valence-electron chi connectivity index (χ2n) is 6.37. The van der Waals surface area contributed by atoms with Crippen LogP contribution in [0.3, 0.4) is 0 Å². The normalized spacial score (nSPS) is 15.6. The van der Waals surface area contributed by atoms with Crippen molar-refractivity contribution < 1.29 is 13.2 Å². The first-order valence-electron chi connectivity index (χ1n) is 8.36. The predicted octanol–water partition coefficient (Wildman–Crippen LogP) is 3.43. The van der Waals surface area contributed by atoms with Gasteiger partial charge in [0.15, 0.2) is 5.82 Å². The van der Waals surface area contributed by atoms with Crippen LogP contribution in [0.15, 0.2) is 30.7 Å². The summed E-state index contributed by atoms with van der Waals surface area (Å²) < 4.78 is 40.1. The quantitative estimate of drug-likeness (QED) is 0.664. The van der Waals surface area contributed by atoms with Gasteiger partial charge in [-0.3, -0.25) is 0 Å². The average Bonchev–Trinajstić information content (AvgIpc) is 3.01. The van der Waals surface area contributed by atoms with Gasteiger partial charge in [0.1, 0.15) is 11.3 Å². The Morgan fingerprint density at radius 1 is 1.00 bits per heavy atom. The van der Waals surface area contributed by atoms with E-state index in [9.17, 15) is 13.2 Å². The smallest absolute Gasteiger partial charge is 0.352 e. The summed E-state index contributed by atoms with van der Waals surface area (Å²) in [6, 6.07) is 2.90. The Morgan fingerprint density at radius 2 is 1.67 bits per heavy atom. The maximum absolute atomic E-state index is 12.8. The number of anilines is 2. The number of piperazine rings is 1. The lowest BCUT2D eigenvalue weighted by molar-refractivity contribution is -0.137. The van der Waals surface area contributed by atoms with Crippen molar-refractivity contribution in [2.75, 3.05) is 36.0 Å². The first-order valence-corrected chi connectivity index (χ1v) is 8.74. The van der Waals surface area contributed by atoms with Crippen LogP contribution >= 0.6 is 11.6 Å². The highest BCUT2D eigenvalue weighted by atomic mass is 35.5. The van der Waals surface area contributed by atoms with Gasteiger partial charge in [0, 0.05) is 44.8 Å². The summed E-state index contributed by atoms with van der Waals surface area (Å²) in [6.45, 7) is 4.38. The molecule has 6 nitrogen and oxygen atoms in total. The maximum atomic E-state index is 12.8. The lowest BCUT2D eigenvalue weighted by atomic mass is 10.2. The van der Waals surface area contributed by atoms with Gasteiger partial charge in [-0.05, 0) is 19.1 Å². The summed E-state index contributed by atoms with van der Waals surface area (Å²) >= 11 is 6.06. The van der Waals surface area contributed by atoms with Crippen molar-refractivity contribution in [2.24, 2.45) is 0 Å². The Balaban J connectivity index is 1.52. The van der Waals surface area contributed by atoms with Crippen LogP contribution in [0.25, 0.3) is 5.52 Å². The van der Waals surface area contributed by atoms with Gasteiger partial charge in [0.2, 0.25) is 0 Å². The average molecular weight is 397 g/mol. The number of hydrogen-bond donors (Lipinski definition) is 0. The molecule has 3 aromatic rings. The van der Waals surface area contributed by atoms with Gasteiger partial charge in [-0.2, -0.15) is 18.3 Å². The Hall–Kier alpha value is -2.55. The third-order valence-corrected chi connectivity index (χ3v) is 4.80. The van der Waals surface area contributed by atoms with Crippen molar-refractivity contribution in [3.63, 3.8) is 0 Å². The number of aromatic nitrogens is 4. The fourth-order valence-electron chi connectivity index (χ4n) is 3.22. The highest BCUT2D eigenvalue weighted by Crippen LogP contribution is 2.34. The molecule has 3 aromatic heterocycles. The van der Waals surface area contributed by atoms with Gasteiger partial charge in [-0.1, -0.05) is 11.6 Å². The van der Waals surface area contributed by atoms with Crippen LogP contribution in [-0.4, -0.2) is 45.8 Å². The molecule has 0 bridgehead atoms. The lowest BCUT2D eigenvalue weighted by Gasteiger charge is -2.36. The molecular weight excluding hydrogens is 381 g/mol. The van der Waals surface area contributed by atoms with E-state index in [2.05, 4.69) is 20.0 Å². The van der Waals surface area contributed by atoms with E-state index in [0.29, 0.717) is 32.0 Å². The second-order valence-corrected chi connectivity index (χ2v) is 6.77. The van der Waals surface area contributed by atoms with Crippen LogP contribution in [0.1, 0.15) is 11.3 Å². The Kier molecular flexibility index (Phi) is 4.33. The number of aryl methyl sites for hydroxylation is 1. The molecule has 10 heteroatoms. The Labute approximate surface area is 158 Å². The van der Waals surface area contributed by atoms with Crippen molar-refractivity contribution >= 4 is 28.8 Å². The summed E-state index contributed by atoms with van der Waals surface area (Å²) in [7, 11) is 0. The molecule has 0 spiro atoms. The van der Waals surface area contributed by atoms with E-state index in [0.717, 1.165) is 29.3 Å². The number of fused-ring (bicyclic) bond motifs is 1. The molecule has 0 amide bonds. The van der Waals surface area contributed by atoms with E-state index >= 15 is 0 Å². The zero-order chi connectivity index (χ0) is 19.2. The maximum Gasteiger partial charge on any atom is 0.417 e. The van der Waals surface area contributed by atoms with Crippen molar-refractivity contribution in [3.8, 4) is 0 Å². The molecule has 1 aliphatic rings. The number of hydrogen-bond acceptors (Lipinski definition) is 5. The van der Waals surface area contributed by atoms with E-state index in [1.165, 1.54) is 0 Å². The molecule has 4 rings (SSSR count). The molecule has 142 valence electrons. The van der Waals surface area contributed by atoms with Crippen molar-refractivity contribution in [2.45, 2.75) is 13.1 Å². The Bertz CT molecular complexity index is 978. The number of nitrogens with zero attached hydrogens (tertiary/aromatic N) is 6. The molecule has 0 saturated carbocycles. The van der Waals surface area contributed by atoms with Crippen LogP contribution in [0.4, 0.5) is 24.8 Å². The molecule has 1 saturated heterocycles. The molecular formula is C17H16ClF3N6. The number of rotatable bonds is 2. The van der Waals surface area contributed by atoms with Crippen LogP contribution in [0, 0.1) is 6.92 Å². The molecule has 0 aliphatic carbocycles. The molecule has 27 heavy (non-hydrogen) atoms. The highest BCUT2D eigenvalue weighted by Gasteiger charge is 2.32. The zero-order valence-corrected chi connectivity index (χ0v) is 15.2. The standard InChI is InChI=1S/C17H16ClF3N6/c1-11-8-14-16(22-2-3-27(14)24-11)26-6-4-25(5-7-26)15-13(18)9-12(10-23-15)17(19,20)21/h2-3,8-10H,4-7H2,1H3.